The summed E-state index contributed by atoms with van der Waals surface area (Å²) >= 11 is 0. The number of hydrogen-bond acceptors (Lipinski definition) is 4. The number of anilines is 1. The van der Waals surface area contributed by atoms with Gasteiger partial charge in [0.05, 0.1) is 11.3 Å². The Hall–Kier alpha value is -1.86. The van der Waals surface area contributed by atoms with Gasteiger partial charge in [-0.1, -0.05) is 6.08 Å². The van der Waals surface area contributed by atoms with Gasteiger partial charge in [0.15, 0.2) is 0 Å². The fraction of sp³-hybridized carbons (Fsp3) is 0.250. The first-order valence-electron chi connectivity index (χ1n) is 5.64. The second-order valence-electron chi connectivity index (χ2n) is 3.69. The minimum atomic E-state index is -3.78. The highest BCUT2D eigenvalue weighted by molar-refractivity contribution is 7.89. The van der Waals surface area contributed by atoms with E-state index in [1.54, 1.807) is 0 Å². The molecule has 0 saturated heterocycles. The van der Waals surface area contributed by atoms with Crippen LogP contribution in [-0.4, -0.2) is 32.6 Å². The maximum Gasteiger partial charge on any atom is 0.335 e. The van der Waals surface area contributed by atoms with E-state index < -0.39 is 16.0 Å². The Morgan fingerprint density at radius 3 is 2.68 bits per heavy atom. The summed E-state index contributed by atoms with van der Waals surface area (Å²) in [6.07, 6.45) is 1.41. The van der Waals surface area contributed by atoms with Crippen LogP contribution in [0.25, 0.3) is 0 Å². The molecular weight excluding hydrogens is 268 g/mol. The van der Waals surface area contributed by atoms with E-state index in [9.17, 15) is 13.2 Å². The normalized spacial score (nSPS) is 11.0. The van der Waals surface area contributed by atoms with Crippen LogP contribution in [-0.2, 0) is 10.0 Å². The van der Waals surface area contributed by atoms with Crippen LogP contribution in [0.1, 0.15) is 17.3 Å². The van der Waals surface area contributed by atoms with Crippen molar-refractivity contribution in [1.29, 1.82) is 0 Å². The predicted molar refractivity (Wildman–Crippen MR) is 73.0 cm³/mol. The number of hydrogen-bond donors (Lipinski definition) is 3. The summed E-state index contributed by atoms with van der Waals surface area (Å²) in [4.78, 5) is 10.8. The number of sulfonamides is 1. The summed E-state index contributed by atoms with van der Waals surface area (Å²) in [5.74, 6) is -1.18. The Kier molecular flexibility index (Phi) is 5.08. The highest BCUT2D eigenvalue weighted by atomic mass is 32.2. The Morgan fingerprint density at radius 1 is 1.47 bits per heavy atom. The summed E-state index contributed by atoms with van der Waals surface area (Å²) in [5.41, 5.74) is 0.282. The van der Waals surface area contributed by atoms with Gasteiger partial charge in [0.25, 0.3) is 0 Å². The van der Waals surface area contributed by atoms with Gasteiger partial charge in [-0.2, -0.15) is 0 Å². The van der Waals surface area contributed by atoms with E-state index in [4.69, 9.17) is 5.11 Å². The van der Waals surface area contributed by atoms with Crippen LogP contribution >= 0.6 is 0 Å². The Balaban J connectivity index is 3.31. The van der Waals surface area contributed by atoms with E-state index in [1.807, 2.05) is 6.92 Å². The molecule has 0 fully saturated rings. The predicted octanol–water partition coefficient (Wildman–Crippen LogP) is 1.28. The van der Waals surface area contributed by atoms with Crippen LogP contribution in [0.3, 0.4) is 0 Å². The van der Waals surface area contributed by atoms with E-state index in [1.165, 1.54) is 18.2 Å². The molecule has 0 spiro atoms. The van der Waals surface area contributed by atoms with Crippen LogP contribution in [0.15, 0.2) is 35.7 Å². The molecule has 6 nitrogen and oxygen atoms in total. The van der Waals surface area contributed by atoms with Gasteiger partial charge in [-0.3, -0.25) is 0 Å². The largest absolute Gasteiger partial charge is 0.478 e. The molecule has 0 aliphatic carbocycles. The Morgan fingerprint density at radius 2 is 2.16 bits per heavy atom. The molecule has 19 heavy (non-hydrogen) atoms. The molecule has 0 heterocycles. The van der Waals surface area contributed by atoms with E-state index in [0.29, 0.717) is 12.2 Å². The van der Waals surface area contributed by atoms with Gasteiger partial charge in [-0.15, -0.1) is 6.58 Å². The van der Waals surface area contributed by atoms with E-state index >= 15 is 0 Å². The van der Waals surface area contributed by atoms with Crippen LogP contribution in [0.4, 0.5) is 5.69 Å². The SMILES string of the molecule is C=CCNS(=O)(=O)c1cc(C(=O)O)ccc1NCC. The van der Waals surface area contributed by atoms with Gasteiger partial charge in [0.1, 0.15) is 4.90 Å². The first-order valence-corrected chi connectivity index (χ1v) is 7.12. The monoisotopic (exact) mass is 284 g/mol. The maximum atomic E-state index is 12.1. The minimum absolute atomic E-state index is 0.0746. The third-order valence-electron chi connectivity index (χ3n) is 2.30. The lowest BCUT2D eigenvalue weighted by atomic mass is 10.2. The molecule has 1 aromatic rings. The summed E-state index contributed by atoms with van der Waals surface area (Å²) in [5, 5.41) is 11.8. The van der Waals surface area contributed by atoms with Crippen molar-refractivity contribution in [2.45, 2.75) is 11.8 Å². The van der Waals surface area contributed by atoms with Crippen molar-refractivity contribution in [2.24, 2.45) is 0 Å². The van der Waals surface area contributed by atoms with Crippen molar-refractivity contribution in [1.82, 2.24) is 4.72 Å². The Bertz CT molecular complexity index is 581. The third-order valence-corrected chi connectivity index (χ3v) is 3.77. The molecule has 104 valence electrons. The molecule has 3 N–H and O–H groups in total. The van der Waals surface area contributed by atoms with Gasteiger partial charge >= 0.3 is 5.97 Å². The lowest BCUT2D eigenvalue weighted by Gasteiger charge is -2.12. The van der Waals surface area contributed by atoms with Crippen LogP contribution in [0, 0.1) is 0 Å². The number of aromatic carboxylic acids is 1. The topological polar surface area (TPSA) is 95.5 Å². The van der Waals surface area contributed by atoms with Crippen molar-refractivity contribution in [2.75, 3.05) is 18.4 Å². The number of carboxylic acid groups (broad SMARTS) is 1. The molecule has 7 heteroatoms. The van der Waals surface area contributed by atoms with Crippen LogP contribution < -0.4 is 10.0 Å². The minimum Gasteiger partial charge on any atom is -0.478 e. The first-order chi connectivity index (χ1) is 8.92. The molecule has 0 aliphatic rings. The summed E-state index contributed by atoms with van der Waals surface area (Å²) < 4.78 is 26.5. The molecule has 0 saturated carbocycles. The molecule has 0 aromatic heterocycles. The standard InChI is InChI=1S/C12H16N2O4S/c1-3-7-14-19(17,18)11-8-9(12(15)16)5-6-10(11)13-4-2/h3,5-6,8,13-14H,1,4,7H2,2H3,(H,15,16). The number of carbonyl (C=O) groups is 1. The molecule has 0 radical (unpaired) electrons. The van der Waals surface area contributed by atoms with Crippen molar-refractivity contribution < 1.29 is 18.3 Å². The van der Waals surface area contributed by atoms with Gasteiger partial charge in [-0.25, -0.2) is 17.9 Å². The molecule has 0 amide bonds. The van der Waals surface area contributed by atoms with Crippen molar-refractivity contribution >= 4 is 21.7 Å². The Labute approximate surface area is 112 Å². The molecule has 1 rings (SSSR count). The first kappa shape index (κ1) is 15.2. The fourth-order valence-corrected chi connectivity index (χ4v) is 2.67. The zero-order valence-electron chi connectivity index (χ0n) is 10.5. The van der Waals surface area contributed by atoms with E-state index in [0.717, 1.165) is 6.07 Å². The smallest absolute Gasteiger partial charge is 0.335 e. The molecule has 1 aromatic carbocycles. The summed E-state index contributed by atoms with van der Waals surface area (Å²) in [6, 6.07) is 3.92. The molecule has 0 bridgehead atoms. The molecular formula is C12H16N2O4S. The maximum absolute atomic E-state index is 12.1. The molecule has 0 atom stereocenters. The van der Waals surface area contributed by atoms with Crippen LogP contribution in [0.2, 0.25) is 0 Å². The average molecular weight is 284 g/mol. The number of nitrogens with one attached hydrogen (secondary N) is 2. The van der Waals surface area contributed by atoms with E-state index in [-0.39, 0.29) is 17.0 Å². The van der Waals surface area contributed by atoms with Gasteiger partial charge < -0.3 is 10.4 Å². The zero-order chi connectivity index (χ0) is 14.5. The number of benzene rings is 1. The second kappa shape index (κ2) is 6.35. The summed E-state index contributed by atoms with van der Waals surface area (Å²) in [6.45, 7) is 5.84. The lowest BCUT2D eigenvalue weighted by Crippen LogP contribution is -2.25. The zero-order valence-corrected chi connectivity index (χ0v) is 11.3. The van der Waals surface area contributed by atoms with Crippen molar-refractivity contribution in [3.05, 3.63) is 36.4 Å². The van der Waals surface area contributed by atoms with Gasteiger partial charge in [-0.05, 0) is 25.1 Å². The number of carboxylic acids is 1. The van der Waals surface area contributed by atoms with Crippen molar-refractivity contribution in [3.8, 4) is 0 Å². The second-order valence-corrected chi connectivity index (χ2v) is 5.42. The molecule has 0 aliphatic heterocycles. The quantitative estimate of drug-likeness (QED) is 0.656. The van der Waals surface area contributed by atoms with Gasteiger partial charge in [0.2, 0.25) is 10.0 Å². The lowest BCUT2D eigenvalue weighted by molar-refractivity contribution is 0.0696. The highest BCUT2D eigenvalue weighted by Crippen LogP contribution is 2.22. The third kappa shape index (κ3) is 3.80. The van der Waals surface area contributed by atoms with Crippen LogP contribution in [0.5, 0.6) is 0 Å². The highest BCUT2D eigenvalue weighted by Gasteiger charge is 2.19. The van der Waals surface area contributed by atoms with Gasteiger partial charge in [0, 0.05) is 13.1 Å². The average Bonchev–Trinajstić information content (AvgIpc) is 2.37. The summed E-state index contributed by atoms with van der Waals surface area (Å²) in [7, 11) is -3.78. The molecule has 0 unspecified atom stereocenters. The fourth-order valence-electron chi connectivity index (χ4n) is 1.46. The number of rotatable bonds is 7. The van der Waals surface area contributed by atoms with Crippen molar-refractivity contribution in [3.63, 3.8) is 0 Å². The van der Waals surface area contributed by atoms with E-state index in [2.05, 4.69) is 16.6 Å².